The molecule has 4 aromatic rings. The molecular formula is C33H41N5O7. The lowest BCUT2D eigenvalue weighted by molar-refractivity contribution is -0.139. The Bertz CT molecular complexity index is 1440. The number of aromatic amines is 1. The number of benzene rings is 3. The van der Waals surface area contributed by atoms with E-state index < -0.39 is 18.1 Å². The van der Waals surface area contributed by atoms with Crippen LogP contribution in [-0.4, -0.2) is 77.1 Å². The molecule has 0 saturated carbocycles. The second-order valence-corrected chi connectivity index (χ2v) is 9.39. The van der Waals surface area contributed by atoms with Crippen LogP contribution in [0.1, 0.15) is 41.2 Å². The highest BCUT2D eigenvalue weighted by Crippen LogP contribution is 2.12. The van der Waals surface area contributed by atoms with Gasteiger partial charge in [0, 0.05) is 38.7 Å². The average Bonchev–Trinajstić information content (AvgIpc) is 3.49. The number of ether oxygens (including phenoxy) is 2. The first-order chi connectivity index (χ1) is 21.8. The summed E-state index contributed by atoms with van der Waals surface area (Å²) in [6.07, 6.45) is 0.627. The third-order valence-electron chi connectivity index (χ3n) is 6.21. The van der Waals surface area contributed by atoms with Gasteiger partial charge in [-0.2, -0.15) is 0 Å². The van der Waals surface area contributed by atoms with Crippen LogP contribution in [0.5, 0.6) is 0 Å². The summed E-state index contributed by atoms with van der Waals surface area (Å²) in [5.74, 6) is -0.426. The zero-order chi connectivity index (χ0) is 33.0. The minimum absolute atomic E-state index is 0.0343. The van der Waals surface area contributed by atoms with Crippen molar-refractivity contribution in [1.82, 2.24) is 20.2 Å². The summed E-state index contributed by atoms with van der Waals surface area (Å²) in [4.78, 5) is 54.6. The molecule has 3 aromatic carbocycles. The molecule has 0 aliphatic rings. The Hall–Kier alpha value is -5.07. The quantitative estimate of drug-likeness (QED) is 0.161. The summed E-state index contributed by atoms with van der Waals surface area (Å²) in [5, 5.41) is 10.8. The Kier molecular flexibility index (Phi) is 16.0. The molecule has 0 saturated heterocycles. The minimum atomic E-state index is -1.19. The first-order valence-electron chi connectivity index (χ1n) is 14.5. The minimum Gasteiger partial charge on any atom is -0.480 e. The molecule has 5 N–H and O–H groups in total. The number of methoxy groups -OCH3 is 1. The Morgan fingerprint density at radius 1 is 1.00 bits per heavy atom. The van der Waals surface area contributed by atoms with Crippen molar-refractivity contribution < 1.29 is 33.8 Å². The van der Waals surface area contributed by atoms with Crippen molar-refractivity contribution in [3.63, 3.8) is 0 Å². The van der Waals surface area contributed by atoms with Gasteiger partial charge >= 0.3 is 12.1 Å². The maximum absolute atomic E-state index is 12.4. The molecule has 0 aliphatic heterocycles. The van der Waals surface area contributed by atoms with E-state index in [1.165, 1.54) is 7.11 Å². The molecule has 45 heavy (non-hydrogen) atoms. The van der Waals surface area contributed by atoms with Gasteiger partial charge in [-0.15, -0.1) is 0 Å². The molecule has 0 unspecified atom stereocenters. The van der Waals surface area contributed by atoms with E-state index in [2.05, 4.69) is 15.3 Å². The Balaban J connectivity index is 0.000000323. The molecule has 12 nitrogen and oxygen atoms in total. The normalized spacial score (nSPS) is 10.8. The number of rotatable bonds is 13. The van der Waals surface area contributed by atoms with Gasteiger partial charge in [0.1, 0.15) is 31.4 Å². The lowest BCUT2D eigenvalue weighted by Crippen LogP contribution is -2.45. The van der Waals surface area contributed by atoms with Crippen molar-refractivity contribution in [2.24, 2.45) is 5.73 Å². The number of nitrogens with zero attached hydrogens (tertiary/aromatic N) is 2. The molecule has 0 aliphatic carbocycles. The van der Waals surface area contributed by atoms with Gasteiger partial charge in [0.05, 0.1) is 11.0 Å². The fourth-order valence-corrected chi connectivity index (χ4v) is 3.92. The van der Waals surface area contributed by atoms with Gasteiger partial charge in [-0.1, -0.05) is 80.6 Å². The zero-order valence-corrected chi connectivity index (χ0v) is 25.8. The van der Waals surface area contributed by atoms with Crippen molar-refractivity contribution >= 4 is 35.3 Å². The summed E-state index contributed by atoms with van der Waals surface area (Å²) in [7, 11) is 1.51. The SMILES string of the molecule is CC.COCC(=O)N(CCc1nc2ccccc2[nH]1)Cc1ccc(C=O)cc1.NC[C@H](NC(=O)OCc1ccccc1)C(=O)O. The molecule has 0 radical (unpaired) electrons. The summed E-state index contributed by atoms with van der Waals surface area (Å²) < 4.78 is 9.84. The first-order valence-corrected chi connectivity index (χ1v) is 14.5. The Labute approximate surface area is 262 Å². The van der Waals surface area contributed by atoms with Crippen LogP contribution in [0.25, 0.3) is 11.0 Å². The zero-order valence-electron chi connectivity index (χ0n) is 25.8. The Morgan fingerprint density at radius 2 is 1.67 bits per heavy atom. The van der Waals surface area contributed by atoms with Gasteiger partial charge in [0.2, 0.25) is 5.91 Å². The number of carbonyl (C=O) groups is 4. The molecule has 4 rings (SSSR count). The van der Waals surface area contributed by atoms with E-state index in [-0.39, 0.29) is 25.7 Å². The van der Waals surface area contributed by atoms with Crippen LogP contribution in [0.3, 0.4) is 0 Å². The maximum Gasteiger partial charge on any atom is 0.408 e. The fourth-order valence-electron chi connectivity index (χ4n) is 3.92. The predicted octanol–water partition coefficient (Wildman–Crippen LogP) is 3.94. The molecule has 0 fully saturated rings. The van der Waals surface area contributed by atoms with E-state index in [4.69, 9.17) is 20.3 Å². The lowest BCUT2D eigenvalue weighted by Gasteiger charge is -2.22. The highest BCUT2D eigenvalue weighted by molar-refractivity contribution is 5.80. The molecule has 12 heteroatoms. The number of aromatic nitrogens is 2. The fraction of sp³-hybridized carbons (Fsp3) is 0.303. The van der Waals surface area contributed by atoms with Crippen LogP contribution in [0.2, 0.25) is 0 Å². The second kappa shape index (κ2) is 20.0. The van der Waals surface area contributed by atoms with E-state index >= 15 is 0 Å². The highest BCUT2D eigenvalue weighted by Gasteiger charge is 2.18. The number of aliphatic carboxylic acids is 1. The van der Waals surface area contributed by atoms with Crippen molar-refractivity contribution in [2.75, 3.05) is 26.8 Å². The molecule has 2 amide bonds. The van der Waals surface area contributed by atoms with E-state index in [0.29, 0.717) is 25.1 Å². The second-order valence-electron chi connectivity index (χ2n) is 9.39. The number of hydrogen-bond donors (Lipinski definition) is 4. The largest absolute Gasteiger partial charge is 0.480 e. The predicted molar refractivity (Wildman–Crippen MR) is 171 cm³/mol. The number of carbonyl (C=O) groups excluding carboxylic acids is 3. The summed E-state index contributed by atoms with van der Waals surface area (Å²) in [6.45, 7) is 4.92. The number of imidazole rings is 1. The monoisotopic (exact) mass is 619 g/mol. The number of H-pyrrole nitrogens is 1. The molecule has 1 atom stereocenters. The van der Waals surface area contributed by atoms with E-state index in [1.54, 1.807) is 29.2 Å². The van der Waals surface area contributed by atoms with E-state index in [0.717, 1.165) is 34.3 Å². The summed E-state index contributed by atoms with van der Waals surface area (Å²) in [6, 6.07) is 23.0. The molecule has 0 bridgehead atoms. The number of hydrogen-bond acceptors (Lipinski definition) is 8. The Morgan fingerprint density at radius 3 is 2.27 bits per heavy atom. The topological polar surface area (TPSA) is 177 Å². The lowest BCUT2D eigenvalue weighted by atomic mass is 10.1. The van der Waals surface area contributed by atoms with Gasteiger partial charge in [0.25, 0.3) is 0 Å². The van der Waals surface area contributed by atoms with Gasteiger partial charge in [0.15, 0.2) is 0 Å². The number of amides is 2. The van der Waals surface area contributed by atoms with Gasteiger partial charge in [-0.3, -0.25) is 9.59 Å². The van der Waals surface area contributed by atoms with Crippen LogP contribution >= 0.6 is 0 Å². The maximum atomic E-state index is 12.4. The molecule has 1 heterocycles. The van der Waals surface area contributed by atoms with Crippen molar-refractivity contribution in [2.45, 2.75) is 39.5 Å². The van der Waals surface area contributed by atoms with Crippen LogP contribution in [0.4, 0.5) is 4.79 Å². The van der Waals surface area contributed by atoms with Crippen LogP contribution in [0.15, 0.2) is 78.9 Å². The molecule has 240 valence electrons. The molecular weight excluding hydrogens is 578 g/mol. The summed E-state index contributed by atoms with van der Waals surface area (Å²) in [5.41, 5.74) is 9.48. The standard InChI is InChI=1S/C20H21N3O3.C11H14N2O4.C2H6/c1-26-14-20(25)23(12-15-6-8-16(13-24)9-7-15)11-10-19-21-17-4-2-3-5-18(17)22-19;12-6-9(10(14)15)13-11(16)17-7-8-4-2-1-3-5-8;1-2/h2-9,13H,10-12,14H2,1H3,(H,21,22);1-5,9H,6-7,12H2,(H,13,16)(H,14,15);1-2H3/t;9-;/m.0./s1. The number of aldehydes is 1. The van der Waals surface area contributed by atoms with E-state index in [1.807, 2.05) is 68.4 Å². The number of alkyl carbamates (subject to hydrolysis) is 1. The molecule has 1 aromatic heterocycles. The highest BCUT2D eigenvalue weighted by atomic mass is 16.5. The van der Waals surface area contributed by atoms with Crippen LogP contribution < -0.4 is 11.1 Å². The number of nitrogens with one attached hydrogen (secondary N) is 2. The number of carboxylic acid groups (broad SMARTS) is 1. The van der Waals surface area contributed by atoms with Crippen LogP contribution in [-0.2, 0) is 38.6 Å². The summed E-state index contributed by atoms with van der Waals surface area (Å²) >= 11 is 0. The third-order valence-corrected chi connectivity index (χ3v) is 6.21. The van der Waals surface area contributed by atoms with Gasteiger partial charge in [-0.25, -0.2) is 14.6 Å². The molecule has 0 spiro atoms. The average molecular weight is 620 g/mol. The number of carboxylic acids is 1. The van der Waals surface area contributed by atoms with Crippen molar-refractivity contribution in [3.8, 4) is 0 Å². The van der Waals surface area contributed by atoms with Gasteiger partial charge in [-0.05, 0) is 23.3 Å². The van der Waals surface area contributed by atoms with E-state index in [9.17, 15) is 19.2 Å². The third kappa shape index (κ3) is 12.6. The van der Waals surface area contributed by atoms with Crippen molar-refractivity contribution in [3.05, 3.63) is 101 Å². The number of fused-ring (bicyclic) bond motifs is 1. The van der Waals surface area contributed by atoms with Crippen LogP contribution in [0, 0.1) is 0 Å². The smallest absolute Gasteiger partial charge is 0.408 e. The van der Waals surface area contributed by atoms with Gasteiger partial charge < -0.3 is 35.5 Å². The number of nitrogens with two attached hydrogens (primary N) is 1. The number of para-hydroxylation sites is 2. The first kappa shape index (κ1) is 36.1. The van der Waals surface area contributed by atoms with Crippen molar-refractivity contribution in [1.29, 1.82) is 0 Å².